The lowest BCUT2D eigenvalue weighted by Gasteiger charge is -2.26. The molecule has 3 rings (SSSR count). The Balaban J connectivity index is 1.84. The zero-order valence-corrected chi connectivity index (χ0v) is 22.5. The third kappa shape index (κ3) is 9.02. The van der Waals surface area contributed by atoms with Crippen LogP contribution >= 0.6 is 0 Å². The molecule has 1 aliphatic rings. The lowest BCUT2D eigenvalue weighted by molar-refractivity contribution is 0.0368. The van der Waals surface area contributed by atoms with Gasteiger partial charge >= 0.3 is 0 Å². The van der Waals surface area contributed by atoms with E-state index in [1.165, 1.54) is 0 Å². The first-order chi connectivity index (χ1) is 18.6. The van der Waals surface area contributed by atoms with Gasteiger partial charge in [-0.3, -0.25) is 9.69 Å². The molecule has 0 bridgehead atoms. The first kappa shape index (κ1) is 28.9. The Bertz CT molecular complexity index is 1160. The van der Waals surface area contributed by atoms with Gasteiger partial charge in [-0.05, 0) is 55.5 Å². The van der Waals surface area contributed by atoms with Crippen molar-refractivity contribution in [3.63, 3.8) is 0 Å². The Kier molecular flexibility index (Phi) is 12.3. The van der Waals surface area contributed by atoms with Gasteiger partial charge in [0.2, 0.25) is 0 Å². The molecule has 2 aromatic carbocycles. The number of carbonyl (C=O) groups is 1. The Morgan fingerprint density at radius 2 is 1.79 bits per heavy atom. The minimum atomic E-state index is -0.493. The summed E-state index contributed by atoms with van der Waals surface area (Å²) in [6.45, 7) is 10.8. The fraction of sp³-hybridized carbons (Fsp3) is 0.303. The molecule has 5 nitrogen and oxygen atoms in total. The molecule has 5 heteroatoms. The number of amides is 1. The molecule has 0 aliphatic carbocycles. The van der Waals surface area contributed by atoms with Crippen LogP contribution in [0.25, 0.3) is 16.7 Å². The summed E-state index contributed by atoms with van der Waals surface area (Å²) in [7, 11) is 0. The number of benzene rings is 2. The normalized spacial score (nSPS) is 15.0. The van der Waals surface area contributed by atoms with Crippen LogP contribution in [0.4, 0.5) is 0 Å². The van der Waals surface area contributed by atoms with Crippen LogP contribution in [0.1, 0.15) is 42.1 Å². The van der Waals surface area contributed by atoms with Crippen LogP contribution in [0.5, 0.6) is 5.75 Å². The molecule has 0 unspecified atom stereocenters. The highest BCUT2D eigenvalue weighted by atomic mass is 16.5. The number of morpholine rings is 1. The van der Waals surface area contributed by atoms with Crippen molar-refractivity contribution in [2.24, 2.45) is 5.73 Å². The van der Waals surface area contributed by atoms with Gasteiger partial charge in [0.1, 0.15) is 5.75 Å². The second kappa shape index (κ2) is 16.2. The van der Waals surface area contributed by atoms with E-state index in [0.717, 1.165) is 74.4 Å². The zero-order valence-electron chi connectivity index (χ0n) is 22.5. The van der Waals surface area contributed by atoms with E-state index in [1.54, 1.807) is 12.1 Å². The summed E-state index contributed by atoms with van der Waals surface area (Å²) in [4.78, 5) is 14.8. The first-order valence-corrected chi connectivity index (χ1v) is 13.3. The van der Waals surface area contributed by atoms with Gasteiger partial charge in [0.25, 0.3) is 5.91 Å². The smallest absolute Gasteiger partial charge is 0.252 e. The van der Waals surface area contributed by atoms with Gasteiger partial charge in [-0.15, -0.1) is 0 Å². The van der Waals surface area contributed by atoms with Crippen molar-refractivity contribution in [2.45, 2.75) is 26.2 Å². The summed E-state index contributed by atoms with van der Waals surface area (Å²) < 4.78 is 11.8. The van der Waals surface area contributed by atoms with Crippen LogP contribution in [0, 0.1) is 0 Å². The monoisotopic (exact) mass is 512 g/mol. The SMILES string of the molecule is C=CC=CCC=CC=CC=C(C)c1c(-c2ccccc2)ccc(C(N)=O)c1OCCCCN1CCOCC1. The number of carbonyl (C=O) groups excluding carboxylic acids is 1. The molecule has 1 saturated heterocycles. The van der Waals surface area contributed by atoms with E-state index >= 15 is 0 Å². The summed E-state index contributed by atoms with van der Waals surface area (Å²) in [6, 6.07) is 13.9. The average molecular weight is 513 g/mol. The third-order valence-corrected chi connectivity index (χ3v) is 6.37. The van der Waals surface area contributed by atoms with Crippen LogP contribution in [0.3, 0.4) is 0 Å². The summed E-state index contributed by atoms with van der Waals surface area (Å²) in [5.74, 6) is 0.0607. The van der Waals surface area contributed by atoms with Crippen LogP contribution in [0.2, 0.25) is 0 Å². The number of nitrogens with two attached hydrogens (primary N) is 1. The van der Waals surface area contributed by atoms with E-state index in [1.807, 2.05) is 67.6 Å². The molecule has 0 atom stereocenters. The Morgan fingerprint density at radius 3 is 2.53 bits per heavy atom. The summed E-state index contributed by atoms with van der Waals surface area (Å²) >= 11 is 0. The van der Waals surface area contributed by atoms with Gasteiger partial charge < -0.3 is 15.2 Å². The molecule has 1 aliphatic heterocycles. The molecule has 2 aromatic rings. The number of primary amides is 1. The lowest BCUT2D eigenvalue weighted by atomic mass is 9.91. The van der Waals surface area contributed by atoms with Gasteiger partial charge in [0, 0.05) is 18.7 Å². The molecular weight excluding hydrogens is 472 g/mol. The van der Waals surface area contributed by atoms with Crippen molar-refractivity contribution in [2.75, 3.05) is 39.5 Å². The number of ether oxygens (including phenoxy) is 2. The number of hydrogen-bond acceptors (Lipinski definition) is 4. The minimum absolute atomic E-state index is 0.401. The Hall–Kier alpha value is -3.67. The van der Waals surface area contributed by atoms with Crippen LogP contribution < -0.4 is 10.5 Å². The molecular formula is C33H40N2O3. The maximum absolute atomic E-state index is 12.4. The van der Waals surface area contributed by atoms with Crippen molar-refractivity contribution < 1.29 is 14.3 Å². The maximum Gasteiger partial charge on any atom is 0.252 e. The van der Waals surface area contributed by atoms with Gasteiger partial charge in [0.15, 0.2) is 0 Å². The largest absolute Gasteiger partial charge is 0.492 e. The van der Waals surface area contributed by atoms with Gasteiger partial charge in [-0.2, -0.15) is 0 Å². The van der Waals surface area contributed by atoms with Crippen LogP contribution in [-0.4, -0.2) is 50.3 Å². The maximum atomic E-state index is 12.4. The standard InChI is InChI=1S/C33H40N2O3/c1-3-4-5-6-7-8-9-11-16-27(2)31-29(28-17-12-10-13-18-28)19-20-30(33(34)36)32(31)38-24-15-14-21-35-22-25-37-26-23-35/h3-5,7-13,16-20H,1,6,14-15,21-26H2,2H3,(H2,34,36). The topological polar surface area (TPSA) is 64.8 Å². The molecule has 0 saturated carbocycles. The molecule has 1 fully saturated rings. The average Bonchev–Trinajstić information content (AvgIpc) is 2.94. The van der Waals surface area contributed by atoms with Crippen molar-refractivity contribution in [3.05, 3.63) is 109 Å². The van der Waals surface area contributed by atoms with Crippen molar-refractivity contribution >= 4 is 11.5 Å². The van der Waals surface area contributed by atoms with Crippen LogP contribution in [-0.2, 0) is 4.74 Å². The van der Waals surface area contributed by atoms with E-state index in [4.69, 9.17) is 15.2 Å². The zero-order chi connectivity index (χ0) is 27.0. The molecule has 1 amide bonds. The second-order valence-corrected chi connectivity index (χ2v) is 9.17. The quantitative estimate of drug-likeness (QED) is 0.229. The molecule has 2 N–H and O–H groups in total. The van der Waals surface area contributed by atoms with E-state index < -0.39 is 5.91 Å². The fourth-order valence-corrected chi connectivity index (χ4v) is 4.37. The molecule has 200 valence electrons. The van der Waals surface area contributed by atoms with Gasteiger partial charge in [0.05, 0.1) is 25.4 Å². The number of unbranched alkanes of at least 4 members (excludes halogenated alkanes) is 1. The predicted molar refractivity (Wildman–Crippen MR) is 158 cm³/mol. The number of rotatable bonds is 14. The highest BCUT2D eigenvalue weighted by Crippen LogP contribution is 2.38. The van der Waals surface area contributed by atoms with Crippen molar-refractivity contribution in [1.29, 1.82) is 0 Å². The van der Waals surface area contributed by atoms with E-state index in [2.05, 4.69) is 29.7 Å². The number of allylic oxidation sites excluding steroid dienone is 9. The summed E-state index contributed by atoms with van der Waals surface area (Å²) in [6.07, 6.45) is 18.6. The Labute approximate surface area is 227 Å². The van der Waals surface area contributed by atoms with E-state index in [9.17, 15) is 4.79 Å². The van der Waals surface area contributed by atoms with Crippen LogP contribution in [0.15, 0.2) is 97.7 Å². The summed E-state index contributed by atoms with van der Waals surface area (Å²) in [5.41, 5.74) is 10.1. The fourth-order valence-electron chi connectivity index (χ4n) is 4.37. The first-order valence-electron chi connectivity index (χ1n) is 13.3. The summed E-state index contributed by atoms with van der Waals surface area (Å²) in [5, 5.41) is 0. The minimum Gasteiger partial charge on any atom is -0.492 e. The second-order valence-electron chi connectivity index (χ2n) is 9.17. The van der Waals surface area contributed by atoms with Gasteiger partial charge in [-0.25, -0.2) is 0 Å². The third-order valence-electron chi connectivity index (χ3n) is 6.37. The predicted octanol–water partition coefficient (Wildman–Crippen LogP) is 6.59. The highest BCUT2D eigenvalue weighted by molar-refractivity contribution is 6.00. The van der Waals surface area contributed by atoms with Gasteiger partial charge in [-0.1, -0.05) is 91.6 Å². The number of hydrogen-bond donors (Lipinski definition) is 1. The van der Waals surface area contributed by atoms with E-state index in [0.29, 0.717) is 17.9 Å². The molecule has 1 heterocycles. The van der Waals surface area contributed by atoms with Crippen molar-refractivity contribution in [1.82, 2.24) is 4.90 Å². The number of nitrogens with zero attached hydrogens (tertiary/aromatic N) is 1. The lowest BCUT2D eigenvalue weighted by Crippen LogP contribution is -2.36. The molecule has 0 aromatic heterocycles. The molecule has 38 heavy (non-hydrogen) atoms. The highest BCUT2D eigenvalue weighted by Gasteiger charge is 2.20. The van der Waals surface area contributed by atoms with Crippen molar-refractivity contribution in [3.8, 4) is 16.9 Å². The van der Waals surface area contributed by atoms with E-state index in [-0.39, 0.29) is 0 Å². The Morgan fingerprint density at radius 1 is 1.03 bits per heavy atom. The molecule has 0 radical (unpaired) electrons. The molecule has 0 spiro atoms.